The summed E-state index contributed by atoms with van der Waals surface area (Å²) in [6.45, 7) is 13.9. The molecule has 3 N–H and O–H groups in total. The van der Waals surface area contributed by atoms with Crippen LogP contribution in [0.25, 0.3) is 0 Å². The van der Waals surface area contributed by atoms with Crippen LogP contribution >= 0.6 is 0 Å². The van der Waals surface area contributed by atoms with Crippen molar-refractivity contribution in [1.82, 2.24) is 9.97 Å². The summed E-state index contributed by atoms with van der Waals surface area (Å²) >= 11 is 0. The van der Waals surface area contributed by atoms with Gasteiger partial charge in [-0.05, 0) is 30.1 Å². The molecule has 3 unspecified atom stereocenters. The number of aromatic amines is 1. The maximum atomic E-state index is 6.37. The normalized spacial score (nSPS) is 32.5. The van der Waals surface area contributed by atoms with Crippen LogP contribution in [0, 0.1) is 10.8 Å². The lowest BCUT2D eigenvalue weighted by Gasteiger charge is -2.34. The van der Waals surface area contributed by atoms with E-state index in [4.69, 9.17) is 10.7 Å². The van der Waals surface area contributed by atoms with Crippen LogP contribution in [0.5, 0.6) is 0 Å². The number of nitrogens with one attached hydrogen (secondary N) is 1. The molecular weight excluding hydrogens is 246 g/mol. The molecule has 0 aliphatic heterocycles. The van der Waals surface area contributed by atoms with Crippen molar-refractivity contribution >= 4 is 0 Å². The number of hydrogen-bond donors (Lipinski definition) is 2. The Balaban J connectivity index is 1.94. The van der Waals surface area contributed by atoms with E-state index in [-0.39, 0.29) is 16.9 Å². The van der Waals surface area contributed by atoms with Gasteiger partial charge in [-0.15, -0.1) is 0 Å². The minimum absolute atomic E-state index is 0.0201. The molecule has 2 aliphatic rings. The van der Waals surface area contributed by atoms with E-state index >= 15 is 0 Å². The zero-order valence-electron chi connectivity index (χ0n) is 13.8. The molecule has 1 saturated carbocycles. The molecule has 0 aromatic carbocycles. The second-order valence-electron chi connectivity index (χ2n) is 8.90. The number of nitrogens with zero attached hydrogens (tertiary/aromatic N) is 1. The van der Waals surface area contributed by atoms with Crippen molar-refractivity contribution in [3.05, 3.63) is 17.2 Å². The Morgan fingerprint density at radius 2 is 2.00 bits per heavy atom. The number of nitrogens with two attached hydrogens (primary N) is 1. The minimum atomic E-state index is 0.0201. The van der Waals surface area contributed by atoms with Gasteiger partial charge in [0.05, 0.1) is 11.7 Å². The van der Waals surface area contributed by atoms with Crippen LogP contribution in [-0.2, 0) is 5.41 Å². The largest absolute Gasteiger partial charge is 0.344 e. The Morgan fingerprint density at radius 1 is 1.35 bits per heavy atom. The first-order valence-corrected chi connectivity index (χ1v) is 7.92. The molecule has 2 aliphatic carbocycles. The fourth-order valence-corrected chi connectivity index (χ4v) is 4.44. The zero-order valence-corrected chi connectivity index (χ0v) is 13.8. The van der Waals surface area contributed by atoms with Crippen molar-refractivity contribution in [2.24, 2.45) is 16.6 Å². The summed E-state index contributed by atoms with van der Waals surface area (Å²) in [5.74, 6) is 1.63. The molecule has 0 saturated heterocycles. The number of rotatable bonds is 2. The topological polar surface area (TPSA) is 54.7 Å². The van der Waals surface area contributed by atoms with Gasteiger partial charge in [0.25, 0.3) is 0 Å². The summed E-state index contributed by atoms with van der Waals surface area (Å²) in [5.41, 5.74) is 9.84. The van der Waals surface area contributed by atoms with Crippen molar-refractivity contribution < 1.29 is 0 Å². The molecule has 1 aromatic heterocycles. The van der Waals surface area contributed by atoms with E-state index < -0.39 is 0 Å². The van der Waals surface area contributed by atoms with Crippen molar-refractivity contribution in [2.45, 2.75) is 78.2 Å². The first-order chi connectivity index (χ1) is 9.06. The van der Waals surface area contributed by atoms with Crippen LogP contribution in [0.1, 0.15) is 90.0 Å². The van der Waals surface area contributed by atoms with Crippen molar-refractivity contribution in [1.29, 1.82) is 0 Å². The van der Waals surface area contributed by atoms with E-state index in [9.17, 15) is 0 Å². The quantitative estimate of drug-likeness (QED) is 0.856. The van der Waals surface area contributed by atoms with Gasteiger partial charge in [-0.1, -0.05) is 41.5 Å². The van der Waals surface area contributed by atoms with Gasteiger partial charge in [-0.25, -0.2) is 4.98 Å². The molecule has 1 heterocycles. The summed E-state index contributed by atoms with van der Waals surface area (Å²) in [6.07, 6.45) is 3.51. The Hall–Kier alpha value is -0.830. The van der Waals surface area contributed by atoms with Gasteiger partial charge in [0, 0.05) is 17.0 Å². The van der Waals surface area contributed by atoms with Crippen LogP contribution in [-0.4, -0.2) is 9.97 Å². The zero-order chi connectivity index (χ0) is 14.9. The van der Waals surface area contributed by atoms with Crippen LogP contribution < -0.4 is 5.73 Å². The van der Waals surface area contributed by atoms with Crippen LogP contribution in [0.3, 0.4) is 0 Å². The maximum Gasteiger partial charge on any atom is 0.123 e. The predicted octanol–water partition coefficient (Wildman–Crippen LogP) is 4.02. The highest BCUT2D eigenvalue weighted by Gasteiger charge is 2.61. The van der Waals surface area contributed by atoms with E-state index in [2.05, 4.69) is 46.5 Å². The highest BCUT2D eigenvalue weighted by molar-refractivity contribution is 5.42. The third kappa shape index (κ3) is 1.71. The molecule has 3 heteroatoms. The third-order valence-corrected chi connectivity index (χ3v) is 6.03. The molecular formula is C17H29N3. The fourth-order valence-electron chi connectivity index (χ4n) is 4.44. The maximum absolute atomic E-state index is 6.37. The highest BCUT2D eigenvalue weighted by Crippen LogP contribution is 2.67. The van der Waals surface area contributed by atoms with Gasteiger partial charge in [0.2, 0.25) is 0 Å². The summed E-state index contributed by atoms with van der Waals surface area (Å²) in [4.78, 5) is 8.54. The van der Waals surface area contributed by atoms with Crippen LogP contribution in [0.4, 0.5) is 0 Å². The second kappa shape index (κ2) is 3.88. The second-order valence-corrected chi connectivity index (χ2v) is 8.90. The van der Waals surface area contributed by atoms with Crippen molar-refractivity contribution in [2.75, 3.05) is 0 Å². The van der Waals surface area contributed by atoms with Crippen molar-refractivity contribution in [3.63, 3.8) is 0 Å². The molecule has 1 aromatic rings. The first-order valence-electron chi connectivity index (χ1n) is 7.92. The molecule has 3 atom stereocenters. The summed E-state index contributed by atoms with van der Waals surface area (Å²) in [6, 6.07) is 0.0201. The third-order valence-electron chi connectivity index (χ3n) is 6.03. The monoisotopic (exact) mass is 275 g/mol. The minimum Gasteiger partial charge on any atom is -0.344 e. The lowest BCUT2D eigenvalue weighted by molar-refractivity contribution is 0.224. The van der Waals surface area contributed by atoms with Gasteiger partial charge >= 0.3 is 0 Å². The number of imidazole rings is 1. The molecule has 20 heavy (non-hydrogen) atoms. The van der Waals surface area contributed by atoms with E-state index in [1.54, 1.807) is 0 Å². The van der Waals surface area contributed by atoms with Gasteiger partial charge in [0.1, 0.15) is 5.82 Å². The molecule has 0 radical (unpaired) electrons. The molecule has 3 rings (SSSR count). The average Bonchev–Trinajstić information content (AvgIpc) is 2.84. The van der Waals surface area contributed by atoms with Crippen LogP contribution in [0.15, 0.2) is 0 Å². The Bertz CT molecular complexity index is 535. The lowest BCUT2D eigenvalue weighted by Crippen LogP contribution is -2.32. The van der Waals surface area contributed by atoms with E-state index in [1.807, 2.05) is 0 Å². The van der Waals surface area contributed by atoms with E-state index in [0.29, 0.717) is 11.3 Å². The standard InChI is InChI=1S/C17H29N3/c1-15(2,3)9-11(18)14-19-12-10-7-8-17(6,13(12)20-14)16(10,4)5/h10-11H,7-9,18H2,1-6H3,(H,19,20). The van der Waals surface area contributed by atoms with Crippen molar-refractivity contribution in [3.8, 4) is 0 Å². The fraction of sp³-hybridized carbons (Fsp3) is 0.824. The first kappa shape index (κ1) is 14.1. The average molecular weight is 275 g/mol. The summed E-state index contributed by atoms with van der Waals surface area (Å²) < 4.78 is 0. The highest BCUT2D eigenvalue weighted by atomic mass is 15.0. The van der Waals surface area contributed by atoms with Gasteiger partial charge in [-0.3, -0.25) is 0 Å². The number of hydrogen-bond acceptors (Lipinski definition) is 2. The summed E-state index contributed by atoms with van der Waals surface area (Å²) in [5, 5.41) is 0. The molecule has 1 fully saturated rings. The Morgan fingerprint density at radius 3 is 2.55 bits per heavy atom. The smallest absolute Gasteiger partial charge is 0.123 e. The van der Waals surface area contributed by atoms with Gasteiger partial charge in [0.15, 0.2) is 0 Å². The molecule has 112 valence electrons. The predicted molar refractivity (Wildman–Crippen MR) is 82.7 cm³/mol. The summed E-state index contributed by atoms with van der Waals surface area (Å²) in [7, 11) is 0. The number of H-pyrrole nitrogens is 1. The van der Waals surface area contributed by atoms with E-state index in [0.717, 1.165) is 12.2 Å². The van der Waals surface area contributed by atoms with Crippen LogP contribution in [0.2, 0.25) is 0 Å². The SMILES string of the molecule is CC(C)(C)CC(N)c1nc2c([nH]1)C1CCC2(C)C1(C)C. The van der Waals surface area contributed by atoms with Gasteiger partial charge in [-0.2, -0.15) is 0 Å². The molecule has 2 bridgehead atoms. The lowest BCUT2D eigenvalue weighted by atomic mass is 9.70. The number of fused-ring (bicyclic) bond motifs is 5. The molecule has 0 spiro atoms. The molecule has 3 nitrogen and oxygen atoms in total. The Labute approximate surface area is 122 Å². The van der Waals surface area contributed by atoms with Gasteiger partial charge < -0.3 is 10.7 Å². The molecule has 0 amide bonds. The Kier molecular flexibility index (Phi) is 2.74. The van der Waals surface area contributed by atoms with E-state index in [1.165, 1.54) is 24.2 Å². The number of aromatic nitrogens is 2.